The molecule has 0 atom stereocenters. The molecule has 0 aliphatic heterocycles. The van der Waals surface area contributed by atoms with E-state index in [-0.39, 0.29) is 18.4 Å². The summed E-state index contributed by atoms with van der Waals surface area (Å²) in [4.78, 5) is 26.6. The van der Waals surface area contributed by atoms with E-state index < -0.39 is 0 Å². The van der Waals surface area contributed by atoms with Crippen LogP contribution in [0.1, 0.15) is 21.7 Å². The summed E-state index contributed by atoms with van der Waals surface area (Å²) >= 11 is 2.78. The summed E-state index contributed by atoms with van der Waals surface area (Å²) in [5.41, 5.74) is 3.26. The number of fused-ring (bicyclic) bond motifs is 1. The zero-order chi connectivity index (χ0) is 21.9. The van der Waals surface area contributed by atoms with Crippen LogP contribution in [0.2, 0.25) is 0 Å². The molecule has 2 N–H and O–H groups in total. The second-order valence-corrected chi connectivity index (χ2v) is 9.69. The lowest BCUT2D eigenvalue weighted by Gasteiger charge is -2.15. The van der Waals surface area contributed by atoms with Crippen LogP contribution in [0, 0.1) is 6.92 Å². The normalized spacial score (nSPS) is 13.2. The number of carbonyl (C=O) groups excluding carboxylic acids is 1. The van der Waals surface area contributed by atoms with Crippen molar-refractivity contribution in [1.82, 2.24) is 25.1 Å². The number of nitrogens with zero attached hydrogens (tertiary/aromatic N) is 4. The van der Waals surface area contributed by atoms with E-state index >= 15 is 0 Å². The molecule has 0 spiro atoms. The molecule has 1 amide bonds. The molecular weight excluding hydrogens is 444 g/mol. The van der Waals surface area contributed by atoms with Gasteiger partial charge < -0.3 is 10.1 Å². The molecular formula is C22H20N6O2S2. The number of aryl methyl sites for hydroxylation is 1. The summed E-state index contributed by atoms with van der Waals surface area (Å²) in [6, 6.07) is 12.1. The van der Waals surface area contributed by atoms with Crippen LogP contribution in [0.3, 0.4) is 0 Å². The Morgan fingerprint density at radius 3 is 2.75 bits per heavy atom. The summed E-state index contributed by atoms with van der Waals surface area (Å²) in [6.07, 6.45) is 5.08. The monoisotopic (exact) mass is 464 g/mol. The second-order valence-electron chi connectivity index (χ2n) is 7.44. The van der Waals surface area contributed by atoms with E-state index in [0.29, 0.717) is 26.8 Å². The molecule has 0 unspecified atom stereocenters. The molecule has 1 aromatic carbocycles. The van der Waals surface area contributed by atoms with E-state index in [1.807, 2.05) is 19.1 Å². The van der Waals surface area contributed by atoms with Gasteiger partial charge in [0.1, 0.15) is 23.2 Å². The van der Waals surface area contributed by atoms with Gasteiger partial charge in [-0.1, -0.05) is 24.3 Å². The van der Waals surface area contributed by atoms with Crippen molar-refractivity contribution in [1.29, 1.82) is 0 Å². The number of benzene rings is 1. The first-order valence-electron chi connectivity index (χ1n) is 10.1. The third kappa shape index (κ3) is 4.97. The van der Waals surface area contributed by atoms with Gasteiger partial charge in [-0.15, -0.1) is 11.3 Å². The highest BCUT2D eigenvalue weighted by atomic mass is 32.2. The van der Waals surface area contributed by atoms with Crippen LogP contribution in [0.5, 0.6) is 5.75 Å². The Bertz CT molecular complexity index is 1220. The smallest absolute Gasteiger partial charge is 0.232 e. The molecule has 10 heteroatoms. The summed E-state index contributed by atoms with van der Waals surface area (Å²) < 4.78 is 6.32. The number of thiazole rings is 1. The number of rotatable bonds is 7. The number of H-pyrrole nitrogens is 1. The molecule has 32 heavy (non-hydrogen) atoms. The van der Waals surface area contributed by atoms with Crippen LogP contribution in [-0.4, -0.2) is 37.2 Å². The minimum atomic E-state index is -0.173. The lowest BCUT2D eigenvalue weighted by atomic mass is 10.1. The van der Waals surface area contributed by atoms with Gasteiger partial charge in [-0.2, -0.15) is 5.10 Å². The van der Waals surface area contributed by atoms with Crippen molar-refractivity contribution in [3.8, 4) is 5.75 Å². The minimum absolute atomic E-state index is 0.0536. The average Bonchev–Trinajstić information content (AvgIpc) is 3.49. The van der Waals surface area contributed by atoms with Crippen molar-refractivity contribution < 1.29 is 9.53 Å². The predicted molar refractivity (Wildman–Crippen MR) is 122 cm³/mol. The number of amides is 1. The highest BCUT2D eigenvalue weighted by Gasteiger charge is 2.23. The highest BCUT2D eigenvalue weighted by Crippen LogP contribution is 2.30. The molecule has 5 rings (SSSR count). The maximum atomic E-state index is 12.6. The molecule has 8 nitrogen and oxygen atoms in total. The second kappa shape index (κ2) is 9.09. The topological polar surface area (TPSA) is 106 Å². The van der Waals surface area contributed by atoms with Gasteiger partial charge in [-0.05, 0) is 29.8 Å². The number of nitrogens with one attached hydrogen (secondary N) is 2. The number of hydrogen-bond acceptors (Lipinski definition) is 8. The Hall–Kier alpha value is -3.24. The molecule has 0 bridgehead atoms. The van der Waals surface area contributed by atoms with E-state index in [2.05, 4.69) is 54.7 Å². The fourth-order valence-corrected chi connectivity index (χ4v) is 5.04. The first kappa shape index (κ1) is 20.7. The third-order valence-corrected chi connectivity index (χ3v) is 6.58. The molecule has 0 fully saturated rings. The number of hydrogen-bond donors (Lipinski definition) is 2. The number of pyridine rings is 1. The van der Waals surface area contributed by atoms with Crippen molar-refractivity contribution in [2.24, 2.45) is 0 Å². The first-order valence-corrected chi connectivity index (χ1v) is 11.7. The zero-order valence-corrected chi connectivity index (χ0v) is 18.9. The first-order chi connectivity index (χ1) is 15.6. The molecule has 1 aliphatic carbocycles. The predicted octanol–water partition coefficient (Wildman–Crippen LogP) is 3.84. The number of aromatic amines is 1. The Labute approximate surface area is 192 Å². The minimum Gasteiger partial charge on any atom is -0.490 e. The van der Waals surface area contributed by atoms with Crippen LogP contribution in [-0.2, 0) is 24.1 Å². The van der Waals surface area contributed by atoms with Crippen LogP contribution in [0.15, 0.2) is 59.1 Å². The third-order valence-electron chi connectivity index (χ3n) is 4.95. The molecule has 162 valence electrons. The lowest BCUT2D eigenvalue weighted by molar-refractivity contribution is -0.115. The number of aromatic nitrogens is 5. The van der Waals surface area contributed by atoms with Crippen molar-refractivity contribution in [3.05, 3.63) is 70.6 Å². The summed E-state index contributed by atoms with van der Waals surface area (Å²) in [6.45, 7) is 1.95. The van der Waals surface area contributed by atoms with Gasteiger partial charge in [-0.3, -0.25) is 9.89 Å². The van der Waals surface area contributed by atoms with Gasteiger partial charge >= 0.3 is 0 Å². The standard InChI is InChI=1S/C22H20N6O2S2/c1-13-11-23-21(31-13)27-19(29)9-16-8-18(10-20(26-16)32-22-24-12-25-28-22)30-17-6-14-4-2-3-5-15(14)7-17/h2-5,8,10-12,17H,6-7,9H2,1H3,(H,23,27,29)(H,24,25,28). The largest absolute Gasteiger partial charge is 0.490 e. The van der Waals surface area contributed by atoms with Crippen molar-refractivity contribution in [2.45, 2.75) is 42.5 Å². The van der Waals surface area contributed by atoms with E-state index in [4.69, 9.17) is 4.74 Å². The summed E-state index contributed by atoms with van der Waals surface area (Å²) in [5.74, 6) is 0.514. The number of ether oxygens (including phenoxy) is 1. The van der Waals surface area contributed by atoms with Gasteiger partial charge in [0.15, 0.2) is 10.3 Å². The Morgan fingerprint density at radius 2 is 2.06 bits per heavy atom. The van der Waals surface area contributed by atoms with Crippen molar-refractivity contribution in [2.75, 3.05) is 5.32 Å². The van der Waals surface area contributed by atoms with Crippen LogP contribution in [0.4, 0.5) is 5.13 Å². The van der Waals surface area contributed by atoms with Crippen molar-refractivity contribution >= 4 is 34.1 Å². The van der Waals surface area contributed by atoms with Crippen molar-refractivity contribution in [3.63, 3.8) is 0 Å². The highest BCUT2D eigenvalue weighted by molar-refractivity contribution is 7.99. The maximum Gasteiger partial charge on any atom is 0.232 e. The lowest BCUT2D eigenvalue weighted by Crippen LogP contribution is -2.18. The van der Waals surface area contributed by atoms with Crippen LogP contribution < -0.4 is 10.1 Å². The van der Waals surface area contributed by atoms with Gasteiger partial charge in [0.2, 0.25) is 5.91 Å². The molecule has 0 saturated carbocycles. The number of carbonyl (C=O) groups is 1. The quantitative estimate of drug-likeness (QED) is 0.428. The molecule has 4 aromatic rings. The van der Waals surface area contributed by atoms with Gasteiger partial charge in [-0.25, -0.2) is 15.0 Å². The Balaban J connectivity index is 1.34. The SMILES string of the molecule is Cc1cnc(NC(=O)Cc2cc(OC3Cc4ccccc4C3)cc(Sc3ncn[nH]3)n2)s1. The fraction of sp³-hybridized carbons (Fsp3) is 0.227. The van der Waals surface area contributed by atoms with E-state index in [1.165, 1.54) is 40.6 Å². The Morgan fingerprint density at radius 1 is 1.25 bits per heavy atom. The van der Waals surface area contributed by atoms with Gasteiger partial charge in [0, 0.05) is 36.0 Å². The summed E-state index contributed by atoms with van der Waals surface area (Å²) in [5, 5.41) is 11.4. The number of anilines is 1. The Kier molecular flexibility index (Phi) is 5.87. The molecule has 1 aliphatic rings. The van der Waals surface area contributed by atoms with Crippen LogP contribution in [0.25, 0.3) is 0 Å². The average molecular weight is 465 g/mol. The van der Waals surface area contributed by atoms with Gasteiger partial charge in [0.05, 0.1) is 12.1 Å². The van der Waals surface area contributed by atoms with E-state index in [9.17, 15) is 4.79 Å². The molecule has 3 heterocycles. The molecule has 3 aromatic heterocycles. The van der Waals surface area contributed by atoms with Gasteiger partial charge in [0.25, 0.3) is 0 Å². The molecule has 0 saturated heterocycles. The van der Waals surface area contributed by atoms with Crippen LogP contribution >= 0.6 is 23.1 Å². The summed E-state index contributed by atoms with van der Waals surface area (Å²) in [7, 11) is 0. The van der Waals surface area contributed by atoms with E-state index in [1.54, 1.807) is 6.20 Å². The maximum absolute atomic E-state index is 12.6. The molecule has 0 radical (unpaired) electrons. The fourth-order valence-electron chi connectivity index (χ4n) is 3.62. The zero-order valence-electron chi connectivity index (χ0n) is 17.2. The van der Waals surface area contributed by atoms with E-state index in [0.717, 1.165) is 17.7 Å².